The Morgan fingerprint density at radius 2 is 1.75 bits per heavy atom. The van der Waals surface area contributed by atoms with Gasteiger partial charge in [0.15, 0.2) is 11.5 Å². The fraction of sp³-hybridized carbons (Fsp3) is 0.316. The monoisotopic (exact) mass is 345 g/mol. The molecule has 0 saturated heterocycles. The summed E-state index contributed by atoms with van der Waals surface area (Å²) in [6.45, 7) is 4.00. The minimum absolute atomic E-state index is 0.00265. The highest BCUT2D eigenvalue weighted by Gasteiger charge is 2.13. The Bertz CT molecular complexity index is 686. The summed E-state index contributed by atoms with van der Waals surface area (Å²) in [6.07, 6.45) is 0. The summed E-state index contributed by atoms with van der Waals surface area (Å²) in [7, 11) is 3.20. The lowest BCUT2D eigenvalue weighted by Crippen LogP contribution is -2.28. The van der Waals surface area contributed by atoms with Gasteiger partial charge < -0.3 is 14.8 Å². The number of ether oxygens (including phenoxy) is 2. The molecule has 128 valence electrons. The quantitative estimate of drug-likeness (QED) is 0.771. The van der Waals surface area contributed by atoms with Crippen LogP contribution in [0.5, 0.6) is 11.5 Å². The summed E-state index contributed by atoms with van der Waals surface area (Å²) in [5, 5.41) is 3.01. The van der Waals surface area contributed by atoms with E-state index in [0.717, 1.165) is 10.5 Å². The number of thioether (sulfide) groups is 1. The fourth-order valence-corrected chi connectivity index (χ4v) is 2.98. The molecule has 1 atom stereocenters. The van der Waals surface area contributed by atoms with Crippen LogP contribution in [0.1, 0.15) is 24.1 Å². The molecule has 2 aromatic carbocycles. The molecule has 0 saturated carbocycles. The summed E-state index contributed by atoms with van der Waals surface area (Å²) in [5.74, 6) is 1.73. The Morgan fingerprint density at radius 3 is 2.38 bits per heavy atom. The fourth-order valence-electron chi connectivity index (χ4n) is 2.27. The van der Waals surface area contributed by atoms with E-state index < -0.39 is 0 Å². The van der Waals surface area contributed by atoms with Gasteiger partial charge in [-0.05, 0) is 43.7 Å². The van der Waals surface area contributed by atoms with E-state index in [4.69, 9.17) is 9.47 Å². The van der Waals surface area contributed by atoms with Crippen molar-refractivity contribution in [1.29, 1.82) is 0 Å². The van der Waals surface area contributed by atoms with Crippen molar-refractivity contribution in [3.8, 4) is 11.5 Å². The number of hydrogen-bond donors (Lipinski definition) is 1. The first-order valence-electron chi connectivity index (χ1n) is 7.74. The van der Waals surface area contributed by atoms with E-state index in [-0.39, 0.29) is 11.9 Å². The van der Waals surface area contributed by atoms with Gasteiger partial charge in [0.25, 0.3) is 0 Å². The van der Waals surface area contributed by atoms with Crippen LogP contribution in [0.3, 0.4) is 0 Å². The van der Waals surface area contributed by atoms with E-state index in [0.29, 0.717) is 17.3 Å². The van der Waals surface area contributed by atoms with Gasteiger partial charge in [-0.15, -0.1) is 11.8 Å². The molecule has 0 unspecified atom stereocenters. The van der Waals surface area contributed by atoms with E-state index in [2.05, 4.69) is 5.32 Å². The number of benzene rings is 2. The Balaban J connectivity index is 1.92. The molecular formula is C19H23NO3S. The Morgan fingerprint density at radius 1 is 1.08 bits per heavy atom. The summed E-state index contributed by atoms with van der Waals surface area (Å²) in [6, 6.07) is 13.7. The smallest absolute Gasteiger partial charge is 0.230 e. The molecule has 1 amide bonds. The highest BCUT2D eigenvalue weighted by molar-refractivity contribution is 8.00. The zero-order valence-corrected chi connectivity index (χ0v) is 15.3. The Kier molecular flexibility index (Phi) is 6.55. The molecule has 2 aromatic rings. The molecule has 0 aliphatic heterocycles. The van der Waals surface area contributed by atoms with Crippen molar-refractivity contribution in [2.45, 2.75) is 24.8 Å². The topological polar surface area (TPSA) is 47.6 Å². The first-order valence-corrected chi connectivity index (χ1v) is 8.72. The lowest BCUT2D eigenvalue weighted by Gasteiger charge is -2.16. The van der Waals surface area contributed by atoms with Crippen LogP contribution in [-0.2, 0) is 4.79 Å². The van der Waals surface area contributed by atoms with Crippen molar-refractivity contribution in [3.05, 3.63) is 53.6 Å². The van der Waals surface area contributed by atoms with Crippen molar-refractivity contribution >= 4 is 17.7 Å². The van der Waals surface area contributed by atoms with Crippen LogP contribution in [0, 0.1) is 6.92 Å². The van der Waals surface area contributed by atoms with Crippen LogP contribution in [0.25, 0.3) is 0 Å². The normalized spacial score (nSPS) is 11.7. The predicted octanol–water partition coefficient (Wildman–Crippen LogP) is 3.98. The third kappa shape index (κ3) is 4.93. The zero-order valence-electron chi connectivity index (χ0n) is 14.5. The minimum Gasteiger partial charge on any atom is -0.493 e. The molecule has 0 aromatic heterocycles. The number of aryl methyl sites for hydroxylation is 1. The van der Waals surface area contributed by atoms with Gasteiger partial charge in [-0.2, -0.15) is 0 Å². The second-order valence-electron chi connectivity index (χ2n) is 5.51. The second kappa shape index (κ2) is 8.64. The molecule has 0 aliphatic carbocycles. The van der Waals surface area contributed by atoms with Crippen LogP contribution in [0.15, 0.2) is 47.4 Å². The Labute approximate surface area is 147 Å². The van der Waals surface area contributed by atoms with E-state index in [1.165, 1.54) is 17.3 Å². The average molecular weight is 345 g/mol. The third-order valence-electron chi connectivity index (χ3n) is 3.68. The van der Waals surface area contributed by atoms with Crippen molar-refractivity contribution in [2.24, 2.45) is 0 Å². The maximum atomic E-state index is 12.2. The number of carbonyl (C=O) groups is 1. The number of methoxy groups -OCH3 is 2. The third-order valence-corrected chi connectivity index (χ3v) is 4.69. The molecule has 1 N–H and O–H groups in total. The number of nitrogens with one attached hydrogen (secondary N) is 1. The van der Waals surface area contributed by atoms with Gasteiger partial charge in [0.2, 0.25) is 5.91 Å². The highest BCUT2D eigenvalue weighted by atomic mass is 32.2. The highest BCUT2D eigenvalue weighted by Crippen LogP contribution is 2.30. The molecule has 24 heavy (non-hydrogen) atoms. The van der Waals surface area contributed by atoms with E-state index in [1.54, 1.807) is 14.2 Å². The lowest BCUT2D eigenvalue weighted by atomic mass is 10.1. The molecule has 2 rings (SSSR count). The number of rotatable bonds is 7. The van der Waals surface area contributed by atoms with Crippen molar-refractivity contribution in [1.82, 2.24) is 5.32 Å². The second-order valence-corrected chi connectivity index (χ2v) is 6.55. The maximum Gasteiger partial charge on any atom is 0.230 e. The predicted molar refractivity (Wildman–Crippen MR) is 98.0 cm³/mol. The standard InChI is InChI=1S/C19H23NO3S/c1-13-5-8-16(9-6-13)24-12-19(21)20-14(2)15-7-10-17(22-3)18(11-15)23-4/h5-11,14H,12H2,1-4H3,(H,20,21)/t14-/m0/s1. The van der Waals surface area contributed by atoms with Gasteiger partial charge in [0.05, 0.1) is 26.0 Å². The van der Waals surface area contributed by atoms with Crippen molar-refractivity contribution < 1.29 is 14.3 Å². The Hall–Kier alpha value is -2.14. The minimum atomic E-state index is -0.101. The van der Waals surface area contributed by atoms with Crippen LogP contribution >= 0.6 is 11.8 Å². The van der Waals surface area contributed by atoms with Crippen LogP contribution in [0.2, 0.25) is 0 Å². The zero-order chi connectivity index (χ0) is 17.5. The van der Waals surface area contributed by atoms with E-state index >= 15 is 0 Å². The van der Waals surface area contributed by atoms with E-state index in [1.807, 2.05) is 56.3 Å². The molecule has 0 radical (unpaired) electrons. The first kappa shape index (κ1) is 18.2. The number of amides is 1. The first-order chi connectivity index (χ1) is 11.5. The van der Waals surface area contributed by atoms with Crippen LogP contribution in [0.4, 0.5) is 0 Å². The van der Waals surface area contributed by atoms with Gasteiger partial charge >= 0.3 is 0 Å². The molecule has 0 fully saturated rings. The number of hydrogen-bond acceptors (Lipinski definition) is 4. The summed E-state index contributed by atoms with van der Waals surface area (Å²) >= 11 is 1.53. The largest absolute Gasteiger partial charge is 0.493 e. The van der Waals surface area contributed by atoms with Crippen LogP contribution < -0.4 is 14.8 Å². The van der Waals surface area contributed by atoms with Crippen molar-refractivity contribution in [2.75, 3.05) is 20.0 Å². The van der Waals surface area contributed by atoms with Gasteiger partial charge in [0.1, 0.15) is 0 Å². The number of carbonyl (C=O) groups excluding carboxylic acids is 1. The van der Waals surface area contributed by atoms with Crippen molar-refractivity contribution in [3.63, 3.8) is 0 Å². The van der Waals surface area contributed by atoms with Crippen LogP contribution in [-0.4, -0.2) is 25.9 Å². The molecule has 0 heterocycles. The molecule has 5 heteroatoms. The lowest BCUT2D eigenvalue weighted by molar-refractivity contribution is -0.119. The SMILES string of the molecule is COc1ccc([C@H](C)NC(=O)CSc2ccc(C)cc2)cc1OC. The van der Waals surface area contributed by atoms with Gasteiger partial charge in [0, 0.05) is 4.90 Å². The van der Waals surface area contributed by atoms with Gasteiger partial charge in [-0.25, -0.2) is 0 Å². The summed E-state index contributed by atoms with van der Waals surface area (Å²) in [5.41, 5.74) is 2.19. The van der Waals surface area contributed by atoms with E-state index in [9.17, 15) is 4.79 Å². The molecule has 0 aliphatic rings. The molecule has 4 nitrogen and oxygen atoms in total. The molecule has 0 spiro atoms. The summed E-state index contributed by atoms with van der Waals surface area (Å²) < 4.78 is 10.5. The van der Waals surface area contributed by atoms with Gasteiger partial charge in [-0.1, -0.05) is 23.8 Å². The molecule has 0 bridgehead atoms. The van der Waals surface area contributed by atoms with Gasteiger partial charge in [-0.3, -0.25) is 4.79 Å². The summed E-state index contributed by atoms with van der Waals surface area (Å²) in [4.78, 5) is 13.2. The average Bonchev–Trinajstić information content (AvgIpc) is 2.60. The maximum absolute atomic E-state index is 12.2. The molecular weight excluding hydrogens is 322 g/mol.